The smallest absolute Gasteiger partial charge is 0.317 e. The van der Waals surface area contributed by atoms with Crippen LogP contribution in [0.5, 0.6) is 0 Å². The maximum atomic E-state index is 11.9. The lowest BCUT2D eigenvalue weighted by Crippen LogP contribution is -2.46. The van der Waals surface area contributed by atoms with E-state index in [1.165, 1.54) is 6.42 Å². The van der Waals surface area contributed by atoms with Crippen LogP contribution in [0.1, 0.15) is 40.5 Å². The van der Waals surface area contributed by atoms with Crippen LogP contribution in [-0.2, 0) is 0 Å². The van der Waals surface area contributed by atoms with Gasteiger partial charge in [0.05, 0.1) is 0 Å². The van der Waals surface area contributed by atoms with Gasteiger partial charge < -0.3 is 10.2 Å². The van der Waals surface area contributed by atoms with E-state index in [-0.39, 0.29) is 6.03 Å². The maximum Gasteiger partial charge on any atom is 0.317 e. The Labute approximate surface area is 99.6 Å². The fourth-order valence-corrected chi connectivity index (χ4v) is 1.97. The molecule has 2 amide bonds. The van der Waals surface area contributed by atoms with Crippen molar-refractivity contribution in [3.8, 4) is 0 Å². The van der Waals surface area contributed by atoms with Gasteiger partial charge in [0.1, 0.15) is 0 Å². The predicted octanol–water partition coefficient (Wildman–Crippen LogP) is 2.72. The van der Waals surface area contributed by atoms with Crippen molar-refractivity contribution in [3.05, 3.63) is 0 Å². The Bertz CT molecular complexity index is 228. The summed E-state index contributed by atoms with van der Waals surface area (Å²) in [7, 11) is 0. The molecule has 1 aliphatic rings. The summed E-state index contributed by atoms with van der Waals surface area (Å²) in [6, 6.07) is 0.124. The van der Waals surface area contributed by atoms with E-state index in [1.54, 1.807) is 0 Å². The van der Waals surface area contributed by atoms with Crippen LogP contribution in [0.15, 0.2) is 0 Å². The highest BCUT2D eigenvalue weighted by Crippen LogP contribution is 2.15. The first-order valence-corrected chi connectivity index (χ1v) is 6.53. The Hall–Kier alpha value is -0.730. The second-order valence-electron chi connectivity index (χ2n) is 5.60. The lowest BCUT2D eigenvalue weighted by Gasteiger charge is -2.31. The largest absolute Gasteiger partial charge is 0.338 e. The molecule has 0 aromatic rings. The van der Waals surface area contributed by atoms with Crippen LogP contribution in [0.3, 0.4) is 0 Å². The van der Waals surface area contributed by atoms with Gasteiger partial charge in [0, 0.05) is 19.6 Å². The summed E-state index contributed by atoms with van der Waals surface area (Å²) in [6.45, 7) is 11.4. The summed E-state index contributed by atoms with van der Waals surface area (Å²) in [5.41, 5.74) is 0. The van der Waals surface area contributed by atoms with E-state index in [0.717, 1.165) is 26.1 Å². The molecule has 1 saturated heterocycles. The van der Waals surface area contributed by atoms with E-state index >= 15 is 0 Å². The number of hydrogen-bond acceptors (Lipinski definition) is 1. The highest BCUT2D eigenvalue weighted by Gasteiger charge is 2.21. The molecule has 16 heavy (non-hydrogen) atoms. The molecule has 0 radical (unpaired) electrons. The second kappa shape index (κ2) is 6.12. The number of rotatable bonds is 3. The van der Waals surface area contributed by atoms with Crippen LogP contribution in [0.4, 0.5) is 4.79 Å². The normalized spacial score (nSPS) is 23.3. The van der Waals surface area contributed by atoms with Crippen molar-refractivity contribution in [1.82, 2.24) is 10.2 Å². The predicted molar refractivity (Wildman–Crippen MR) is 67.4 cm³/mol. The van der Waals surface area contributed by atoms with E-state index in [0.29, 0.717) is 17.8 Å². The van der Waals surface area contributed by atoms with E-state index in [4.69, 9.17) is 0 Å². The molecule has 94 valence electrons. The minimum Gasteiger partial charge on any atom is -0.338 e. The quantitative estimate of drug-likeness (QED) is 0.788. The zero-order chi connectivity index (χ0) is 12.1. The molecular formula is C13H26N2O. The zero-order valence-corrected chi connectivity index (χ0v) is 11.1. The molecule has 0 aliphatic carbocycles. The molecule has 0 spiro atoms. The Morgan fingerprint density at radius 3 is 2.69 bits per heavy atom. The first kappa shape index (κ1) is 13.3. The molecule has 3 nitrogen and oxygen atoms in total. The minimum absolute atomic E-state index is 0.124. The van der Waals surface area contributed by atoms with Crippen LogP contribution in [-0.4, -0.2) is 30.6 Å². The number of nitrogens with zero attached hydrogens (tertiary/aromatic N) is 1. The van der Waals surface area contributed by atoms with E-state index in [2.05, 4.69) is 33.0 Å². The summed E-state index contributed by atoms with van der Waals surface area (Å²) in [6.07, 6.45) is 2.40. The van der Waals surface area contributed by atoms with Crippen LogP contribution in [0.25, 0.3) is 0 Å². The highest BCUT2D eigenvalue weighted by molar-refractivity contribution is 5.74. The van der Waals surface area contributed by atoms with Gasteiger partial charge in [-0.2, -0.15) is 0 Å². The van der Waals surface area contributed by atoms with E-state index in [9.17, 15) is 4.79 Å². The summed E-state index contributed by atoms with van der Waals surface area (Å²) in [4.78, 5) is 13.8. The van der Waals surface area contributed by atoms with Crippen LogP contribution in [0, 0.1) is 17.8 Å². The first-order valence-electron chi connectivity index (χ1n) is 6.53. The molecule has 2 unspecified atom stereocenters. The Morgan fingerprint density at radius 1 is 1.44 bits per heavy atom. The number of amides is 2. The van der Waals surface area contributed by atoms with E-state index < -0.39 is 0 Å². The van der Waals surface area contributed by atoms with Crippen LogP contribution < -0.4 is 5.32 Å². The molecular weight excluding hydrogens is 200 g/mol. The SMILES string of the molecule is CC1CCCN(C(=O)NCC(C)C(C)C)C1. The van der Waals surface area contributed by atoms with Gasteiger partial charge in [-0.1, -0.05) is 27.7 Å². The molecule has 2 atom stereocenters. The van der Waals surface area contributed by atoms with Crippen molar-refractivity contribution in [3.63, 3.8) is 0 Å². The standard InChI is InChI=1S/C13H26N2O/c1-10(2)12(4)8-14-13(16)15-7-5-6-11(3)9-15/h10-12H,5-9H2,1-4H3,(H,14,16). The summed E-state index contributed by atoms with van der Waals surface area (Å²) in [5.74, 6) is 1.83. The lowest BCUT2D eigenvalue weighted by molar-refractivity contribution is 0.167. The third-order valence-corrected chi connectivity index (χ3v) is 3.66. The fourth-order valence-electron chi connectivity index (χ4n) is 1.97. The van der Waals surface area contributed by atoms with Gasteiger partial charge in [0.2, 0.25) is 0 Å². The van der Waals surface area contributed by atoms with Gasteiger partial charge in [-0.05, 0) is 30.6 Å². The van der Waals surface area contributed by atoms with Crippen molar-refractivity contribution in [1.29, 1.82) is 0 Å². The molecule has 0 aromatic carbocycles. The molecule has 1 N–H and O–H groups in total. The lowest BCUT2D eigenvalue weighted by atomic mass is 9.98. The van der Waals surface area contributed by atoms with Crippen molar-refractivity contribution >= 4 is 6.03 Å². The summed E-state index contributed by atoms with van der Waals surface area (Å²) in [5, 5.41) is 3.04. The number of hydrogen-bond donors (Lipinski definition) is 1. The van der Waals surface area contributed by atoms with Crippen molar-refractivity contribution < 1.29 is 4.79 Å². The maximum absolute atomic E-state index is 11.9. The van der Waals surface area contributed by atoms with Gasteiger partial charge in [0.25, 0.3) is 0 Å². The van der Waals surface area contributed by atoms with Gasteiger partial charge >= 0.3 is 6.03 Å². The molecule has 0 aromatic heterocycles. The van der Waals surface area contributed by atoms with Gasteiger partial charge in [0.15, 0.2) is 0 Å². The third-order valence-electron chi connectivity index (χ3n) is 3.66. The van der Waals surface area contributed by atoms with Crippen LogP contribution >= 0.6 is 0 Å². The fraction of sp³-hybridized carbons (Fsp3) is 0.923. The Balaban J connectivity index is 2.29. The van der Waals surface area contributed by atoms with Gasteiger partial charge in [-0.15, -0.1) is 0 Å². The van der Waals surface area contributed by atoms with Gasteiger partial charge in [-0.3, -0.25) is 0 Å². The number of carbonyl (C=O) groups is 1. The number of urea groups is 1. The first-order chi connectivity index (χ1) is 7.50. The van der Waals surface area contributed by atoms with Gasteiger partial charge in [-0.25, -0.2) is 4.79 Å². The zero-order valence-electron chi connectivity index (χ0n) is 11.1. The molecule has 3 heteroatoms. The number of likely N-dealkylation sites (tertiary alicyclic amines) is 1. The Kier molecular flexibility index (Phi) is 5.10. The molecule has 1 rings (SSSR count). The highest BCUT2D eigenvalue weighted by atomic mass is 16.2. The molecule has 1 fully saturated rings. The third kappa shape index (κ3) is 4.03. The number of carbonyl (C=O) groups excluding carboxylic acids is 1. The minimum atomic E-state index is 0.124. The molecule has 1 heterocycles. The van der Waals surface area contributed by atoms with Crippen molar-refractivity contribution in [2.24, 2.45) is 17.8 Å². The summed E-state index contributed by atoms with van der Waals surface area (Å²) >= 11 is 0. The van der Waals surface area contributed by atoms with Crippen molar-refractivity contribution in [2.75, 3.05) is 19.6 Å². The van der Waals surface area contributed by atoms with E-state index in [1.807, 2.05) is 4.90 Å². The van der Waals surface area contributed by atoms with Crippen LogP contribution in [0.2, 0.25) is 0 Å². The molecule has 0 saturated carbocycles. The second-order valence-corrected chi connectivity index (χ2v) is 5.60. The average molecular weight is 226 g/mol. The topological polar surface area (TPSA) is 32.3 Å². The summed E-state index contributed by atoms with van der Waals surface area (Å²) < 4.78 is 0. The monoisotopic (exact) mass is 226 g/mol. The molecule has 1 aliphatic heterocycles. The number of nitrogens with one attached hydrogen (secondary N) is 1. The number of piperidine rings is 1. The Morgan fingerprint density at radius 2 is 2.12 bits per heavy atom. The molecule has 0 bridgehead atoms. The van der Waals surface area contributed by atoms with Crippen molar-refractivity contribution in [2.45, 2.75) is 40.5 Å². The average Bonchev–Trinajstić information content (AvgIpc) is 2.25.